The smallest absolute Gasteiger partial charge is 0.228 e. The molecule has 0 bridgehead atoms. The van der Waals surface area contributed by atoms with E-state index in [-0.39, 0.29) is 16.7 Å². The van der Waals surface area contributed by atoms with Crippen LogP contribution in [0.25, 0.3) is 0 Å². The predicted molar refractivity (Wildman–Crippen MR) is 85.0 cm³/mol. The Morgan fingerprint density at radius 1 is 1.15 bits per heavy atom. The molecule has 0 saturated heterocycles. The molecular weight excluding hydrogens is 296 g/mol. The average molecular weight is 320 g/mol. The van der Waals surface area contributed by atoms with E-state index in [2.05, 4.69) is 12.6 Å². The Balaban J connectivity index is 5.10. The molecule has 0 aromatic carbocycles. The van der Waals surface area contributed by atoms with Crippen molar-refractivity contribution < 1.29 is 19.1 Å². The summed E-state index contributed by atoms with van der Waals surface area (Å²) in [6, 6.07) is 0. The lowest BCUT2D eigenvalue weighted by atomic mass is 9.94. The lowest BCUT2D eigenvalue weighted by Gasteiger charge is -2.31. The molecule has 0 rings (SSSR count). The first kappa shape index (κ1) is 19.7. The second-order valence-electron chi connectivity index (χ2n) is 4.75. The van der Waals surface area contributed by atoms with Crippen molar-refractivity contribution in [3.8, 4) is 0 Å². The molecule has 0 saturated carbocycles. The summed E-state index contributed by atoms with van der Waals surface area (Å²) in [6.45, 7) is 5.77. The number of ether oxygens (including phenoxy) is 1. The lowest BCUT2D eigenvalue weighted by molar-refractivity contribution is -0.141. The van der Waals surface area contributed by atoms with Crippen LogP contribution in [0, 0.1) is 0 Å². The average Bonchev–Trinajstić information content (AvgIpc) is 2.34. The Bertz CT molecular complexity index is 344. The minimum absolute atomic E-state index is 0.0844. The van der Waals surface area contributed by atoms with Crippen LogP contribution in [0.3, 0.4) is 0 Å². The summed E-state index contributed by atoms with van der Waals surface area (Å²) in [4.78, 5) is 34.9. The van der Waals surface area contributed by atoms with Crippen molar-refractivity contribution >= 4 is 39.7 Å². The van der Waals surface area contributed by atoms with Crippen LogP contribution in [0.5, 0.6) is 0 Å². The highest BCUT2D eigenvalue weighted by atomic mass is 32.2. The largest absolute Gasteiger partial charge is 0.366 e. The highest BCUT2D eigenvalue weighted by Crippen LogP contribution is 2.31. The van der Waals surface area contributed by atoms with Gasteiger partial charge in [-0.1, -0.05) is 33.1 Å². The van der Waals surface area contributed by atoms with E-state index in [0.29, 0.717) is 24.8 Å². The number of unbranched alkanes of at least 4 members (excludes halogenated alkanes) is 2. The van der Waals surface area contributed by atoms with E-state index in [1.165, 1.54) is 6.92 Å². The van der Waals surface area contributed by atoms with Crippen molar-refractivity contribution in [1.29, 1.82) is 0 Å². The highest BCUT2D eigenvalue weighted by molar-refractivity contribution is 8.26. The molecule has 1 unspecified atom stereocenters. The fourth-order valence-electron chi connectivity index (χ4n) is 1.79. The number of carbonyl (C=O) groups is 3. The second-order valence-corrected chi connectivity index (χ2v) is 6.40. The van der Waals surface area contributed by atoms with Gasteiger partial charge in [0.15, 0.2) is 10.2 Å². The summed E-state index contributed by atoms with van der Waals surface area (Å²) in [6.07, 6.45) is 3.76. The van der Waals surface area contributed by atoms with Crippen molar-refractivity contribution in [2.45, 2.75) is 64.9 Å². The molecule has 6 heteroatoms. The maximum Gasteiger partial charge on any atom is 0.228 e. The quantitative estimate of drug-likeness (QED) is 0.494. The van der Waals surface area contributed by atoms with E-state index in [1.807, 2.05) is 13.8 Å². The van der Waals surface area contributed by atoms with Crippen molar-refractivity contribution in [3.63, 3.8) is 0 Å². The molecule has 0 fully saturated rings. The summed E-state index contributed by atoms with van der Waals surface area (Å²) < 4.78 is 5.75. The van der Waals surface area contributed by atoms with Gasteiger partial charge in [0.05, 0.1) is 6.42 Å². The first-order valence-electron chi connectivity index (χ1n) is 6.96. The first-order valence-corrected chi connectivity index (χ1v) is 8.23. The van der Waals surface area contributed by atoms with Gasteiger partial charge in [-0.3, -0.25) is 14.4 Å². The maximum absolute atomic E-state index is 12.3. The highest BCUT2D eigenvalue weighted by Gasteiger charge is 2.41. The number of thioether (sulfide) groups is 1. The van der Waals surface area contributed by atoms with Gasteiger partial charge in [-0.05, 0) is 24.6 Å². The lowest BCUT2D eigenvalue weighted by Crippen LogP contribution is -2.42. The third kappa shape index (κ3) is 7.45. The van der Waals surface area contributed by atoms with Gasteiger partial charge in [0, 0.05) is 13.5 Å². The summed E-state index contributed by atoms with van der Waals surface area (Å²) >= 11 is 4.40. The number of hydrogen-bond acceptors (Lipinski definition) is 5. The molecule has 0 aromatic rings. The molecule has 0 aliphatic rings. The zero-order valence-electron chi connectivity index (χ0n) is 12.4. The maximum atomic E-state index is 12.3. The normalized spacial score (nSPS) is 13.8. The molecule has 116 valence electrons. The number of carbonyl (C=O) groups excluding carboxylic acids is 3. The van der Waals surface area contributed by atoms with Crippen LogP contribution in [0.4, 0.5) is 0 Å². The molecule has 0 heterocycles. The number of rotatable bonds is 10. The van der Waals surface area contributed by atoms with E-state index in [1.54, 1.807) is 0 Å². The van der Waals surface area contributed by atoms with Crippen molar-refractivity contribution in [2.24, 2.45) is 0 Å². The molecule has 0 N–H and O–H groups in total. The van der Waals surface area contributed by atoms with Crippen molar-refractivity contribution in [3.05, 3.63) is 0 Å². The second kappa shape index (κ2) is 10.4. The summed E-state index contributed by atoms with van der Waals surface area (Å²) in [5, 5.41) is -1.06. The van der Waals surface area contributed by atoms with Crippen molar-refractivity contribution in [2.75, 3.05) is 6.61 Å². The van der Waals surface area contributed by atoms with E-state index in [4.69, 9.17) is 4.74 Å². The van der Waals surface area contributed by atoms with Crippen molar-refractivity contribution in [1.82, 2.24) is 0 Å². The van der Waals surface area contributed by atoms with Gasteiger partial charge in [-0.2, -0.15) is 0 Å². The van der Waals surface area contributed by atoms with Gasteiger partial charge in [-0.25, -0.2) is 0 Å². The van der Waals surface area contributed by atoms with Crippen LogP contribution < -0.4 is 0 Å². The van der Waals surface area contributed by atoms with E-state index >= 15 is 0 Å². The molecule has 0 amide bonds. The van der Waals surface area contributed by atoms with Gasteiger partial charge < -0.3 is 4.74 Å². The minimum Gasteiger partial charge on any atom is -0.366 e. The van der Waals surface area contributed by atoms with E-state index < -0.39 is 10.7 Å². The molecule has 4 nitrogen and oxygen atoms in total. The fraction of sp³-hybridized carbons (Fsp3) is 0.786. The minimum atomic E-state index is -1.21. The van der Waals surface area contributed by atoms with E-state index in [0.717, 1.165) is 25.7 Å². The van der Waals surface area contributed by atoms with Crippen LogP contribution in [0.15, 0.2) is 0 Å². The SMILES string of the molecule is CCCCOC(CCCC)(CC(=O)S)C(=O)SC(C)=O. The van der Waals surface area contributed by atoms with Crippen LogP contribution in [-0.2, 0) is 19.1 Å². The monoisotopic (exact) mass is 320 g/mol. The molecule has 0 aliphatic carbocycles. The zero-order valence-corrected chi connectivity index (χ0v) is 14.1. The molecule has 1 atom stereocenters. The Morgan fingerprint density at radius 3 is 2.20 bits per heavy atom. The van der Waals surface area contributed by atoms with Crippen LogP contribution >= 0.6 is 24.4 Å². The molecule has 0 aliphatic heterocycles. The predicted octanol–water partition coefficient (Wildman–Crippen LogP) is 3.38. The van der Waals surface area contributed by atoms with Crippen LogP contribution in [0.1, 0.15) is 59.3 Å². The van der Waals surface area contributed by atoms with Crippen LogP contribution in [0.2, 0.25) is 0 Å². The van der Waals surface area contributed by atoms with Crippen LogP contribution in [-0.4, -0.2) is 27.6 Å². The summed E-state index contributed by atoms with van der Waals surface area (Å²) in [5.41, 5.74) is -1.21. The van der Waals surface area contributed by atoms with Gasteiger partial charge in [0.2, 0.25) is 5.12 Å². The fourth-order valence-corrected chi connectivity index (χ4v) is 2.72. The third-order valence-corrected chi connectivity index (χ3v) is 3.86. The summed E-state index contributed by atoms with van der Waals surface area (Å²) in [7, 11) is 0. The van der Waals surface area contributed by atoms with Gasteiger partial charge in [0.1, 0.15) is 5.60 Å². The molecule has 0 spiro atoms. The third-order valence-electron chi connectivity index (χ3n) is 2.86. The standard InChI is InChI=1S/C14H24O4S2/c1-4-6-8-14(10-12(16)19,18-9-7-5-2)13(17)20-11(3)15/h4-10H2,1-3H3,(H,16,19). The Labute approximate surface area is 130 Å². The zero-order chi connectivity index (χ0) is 15.6. The van der Waals surface area contributed by atoms with Gasteiger partial charge >= 0.3 is 0 Å². The molecule has 0 aromatic heterocycles. The number of hydrogen-bond donors (Lipinski definition) is 1. The topological polar surface area (TPSA) is 60.4 Å². The Kier molecular flexibility index (Phi) is 10.2. The van der Waals surface area contributed by atoms with Gasteiger partial charge in [-0.15, -0.1) is 12.6 Å². The van der Waals surface area contributed by atoms with E-state index in [9.17, 15) is 14.4 Å². The first-order chi connectivity index (χ1) is 9.38. The Morgan fingerprint density at radius 2 is 1.75 bits per heavy atom. The summed E-state index contributed by atoms with van der Waals surface area (Å²) in [5.74, 6) is 0. The number of thiol groups is 1. The van der Waals surface area contributed by atoms with Gasteiger partial charge in [0.25, 0.3) is 0 Å². The molecule has 0 radical (unpaired) electrons. The molecular formula is C14H24O4S2. The Hall–Kier alpha value is -0.330. The molecule has 20 heavy (non-hydrogen) atoms.